The van der Waals surface area contributed by atoms with E-state index in [0.717, 1.165) is 6.22 Å². The Hall–Kier alpha value is 1.16. The standard InChI is InChI=1S/C14H30IP/c1-2-3-4-5-6-7-8-9-10-11-12-13-14-16-15/h16H,2-14H2,1H3. The monoisotopic (exact) mass is 356 g/mol. The zero-order valence-corrected chi connectivity index (χ0v) is 14.2. The molecule has 2 heteroatoms. The first kappa shape index (κ1) is 17.2. The van der Waals surface area contributed by atoms with Crippen molar-refractivity contribution in [1.82, 2.24) is 0 Å². The molecule has 0 aliphatic carbocycles. The molecule has 0 saturated heterocycles. The van der Waals surface area contributed by atoms with Crippen LogP contribution in [0.15, 0.2) is 0 Å². The van der Waals surface area contributed by atoms with E-state index >= 15 is 0 Å². The van der Waals surface area contributed by atoms with Gasteiger partial charge in [-0.2, -0.15) is 0 Å². The molecule has 0 saturated carbocycles. The molecular weight excluding hydrogens is 326 g/mol. The second kappa shape index (κ2) is 16.2. The Labute approximate surface area is 118 Å². The predicted molar refractivity (Wildman–Crippen MR) is 88.3 cm³/mol. The molecule has 0 aromatic rings. The molecular formula is C14H30IP. The average Bonchev–Trinajstić information content (AvgIpc) is 2.31. The third kappa shape index (κ3) is 15.2. The van der Waals surface area contributed by atoms with E-state index in [1.165, 1.54) is 83.2 Å². The topological polar surface area (TPSA) is 0 Å². The highest BCUT2D eigenvalue weighted by Gasteiger charge is 1.92. The van der Waals surface area contributed by atoms with Gasteiger partial charge in [-0.25, -0.2) is 0 Å². The second-order valence-electron chi connectivity index (χ2n) is 4.77. The van der Waals surface area contributed by atoms with Gasteiger partial charge in [-0.05, 0) is 12.6 Å². The highest BCUT2D eigenvalue weighted by molar-refractivity contribution is 14.2. The normalized spacial score (nSPS) is 11.6. The lowest BCUT2D eigenvalue weighted by Crippen LogP contribution is -1.82. The van der Waals surface area contributed by atoms with Gasteiger partial charge in [0, 0.05) is 0 Å². The Morgan fingerprint density at radius 1 is 0.625 bits per heavy atom. The molecule has 98 valence electrons. The number of hydrogen-bond donors (Lipinski definition) is 0. The van der Waals surface area contributed by atoms with Crippen molar-refractivity contribution in [2.24, 2.45) is 0 Å². The van der Waals surface area contributed by atoms with Crippen molar-refractivity contribution < 1.29 is 0 Å². The van der Waals surface area contributed by atoms with Gasteiger partial charge in [-0.1, -0.05) is 106 Å². The van der Waals surface area contributed by atoms with Crippen LogP contribution in [-0.4, -0.2) is 6.16 Å². The predicted octanol–water partition coefficient (Wildman–Crippen LogP) is 6.72. The molecule has 0 aliphatic heterocycles. The van der Waals surface area contributed by atoms with Gasteiger partial charge in [-0.3, -0.25) is 0 Å². The Bertz CT molecular complexity index is 103. The molecule has 0 N–H and O–H groups in total. The van der Waals surface area contributed by atoms with Crippen LogP contribution in [0.2, 0.25) is 0 Å². The maximum Gasteiger partial charge on any atom is -0.0263 e. The summed E-state index contributed by atoms with van der Waals surface area (Å²) in [7, 11) is 0. The fourth-order valence-electron chi connectivity index (χ4n) is 2.03. The van der Waals surface area contributed by atoms with Crippen molar-refractivity contribution in [2.45, 2.75) is 84.0 Å². The first-order valence-electron chi connectivity index (χ1n) is 7.25. The summed E-state index contributed by atoms with van der Waals surface area (Å²) in [5, 5.41) is 0. The summed E-state index contributed by atoms with van der Waals surface area (Å²) >= 11 is 2.51. The third-order valence-electron chi connectivity index (χ3n) is 3.12. The van der Waals surface area contributed by atoms with Crippen LogP contribution in [0.4, 0.5) is 0 Å². The summed E-state index contributed by atoms with van der Waals surface area (Å²) in [6, 6.07) is 0. The van der Waals surface area contributed by atoms with Crippen LogP contribution >= 0.6 is 28.3 Å². The van der Waals surface area contributed by atoms with E-state index in [2.05, 4.69) is 29.0 Å². The molecule has 0 fully saturated rings. The van der Waals surface area contributed by atoms with E-state index in [0.29, 0.717) is 0 Å². The molecule has 0 aromatic heterocycles. The molecule has 0 spiro atoms. The molecule has 0 aromatic carbocycles. The molecule has 0 bridgehead atoms. The maximum atomic E-state index is 2.51. The van der Waals surface area contributed by atoms with Crippen LogP contribution in [0.25, 0.3) is 0 Å². The number of hydrogen-bond acceptors (Lipinski definition) is 0. The van der Waals surface area contributed by atoms with Crippen LogP contribution in [0.1, 0.15) is 84.0 Å². The van der Waals surface area contributed by atoms with Gasteiger partial charge < -0.3 is 0 Å². The van der Waals surface area contributed by atoms with Gasteiger partial charge in [0.15, 0.2) is 0 Å². The molecule has 1 atom stereocenters. The van der Waals surface area contributed by atoms with Crippen LogP contribution in [0.5, 0.6) is 0 Å². The highest BCUT2D eigenvalue weighted by Crippen LogP contribution is 2.22. The summed E-state index contributed by atoms with van der Waals surface area (Å²) in [5.41, 5.74) is 0. The zero-order valence-electron chi connectivity index (χ0n) is 11.1. The van der Waals surface area contributed by atoms with Gasteiger partial charge in [-0.15, -0.1) is 0 Å². The molecule has 0 heterocycles. The van der Waals surface area contributed by atoms with Crippen LogP contribution in [0.3, 0.4) is 0 Å². The highest BCUT2D eigenvalue weighted by atomic mass is 127. The number of rotatable bonds is 13. The number of unbranched alkanes of at least 4 members (excludes halogenated alkanes) is 11. The Morgan fingerprint density at radius 2 is 1.00 bits per heavy atom. The van der Waals surface area contributed by atoms with E-state index in [1.54, 1.807) is 0 Å². The average molecular weight is 356 g/mol. The van der Waals surface area contributed by atoms with Crippen LogP contribution in [0, 0.1) is 0 Å². The van der Waals surface area contributed by atoms with Crippen molar-refractivity contribution in [3.63, 3.8) is 0 Å². The van der Waals surface area contributed by atoms with Crippen molar-refractivity contribution in [3.8, 4) is 0 Å². The van der Waals surface area contributed by atoms with Gasteiger partial charge >= 0.3 is 0 Å². The van der Waals surface area contributed by atoms with E-state index in [4.69, 9.17) is 0 Å². The third-order valence-corrected chi connectivity index (χ3v) is 5.29. The molecule has 16 heavy (non-hydrogen) atoms. The second-order valence-corrected chi connectivity index (χ2v) is 7.83. The summed E-state index contributed by atoms with van der Waals surface area (Å²) in [6.45, 7) is 2.29. The zero-order chi connectivity index (χ0) is 11.9. The van der Waals surface area contributed by atoms with Crippen molar-refractivity contribution in [3.05, 3.63) is 0 Å². The van der Waals surface area contributed by atoms with E-state index < -0.39 is 0 Å². The van der Waals surface area contributed by atoms with Crippen molar-refractivity contribution >= 4 is 28.3 Å². The number of halogens is 1. The van der Waals surface area contributed by atoms with Crippen LogP contribution in [-0.2, 0) is 0 Å². The maximum absolute atomic E-state index is 2.51. The molecule has 0 aliphatic rings. The molecule has 0 nitrogen and oxygen atoms in total. The summed E-state index contributed by atoms with van der Waals surface area (Å²) in [4.78, 5) is 0. The SMILES string of the molecule is CCCCCCCCCCCCCCPI. The fourth-order valence-corrected chi connectivity index (χ4v) is 3.56. The van der Waals surface area contributed by atoms with Gasteiger partial charge in [0.05, 0.1) is 0 Å². The van der Waals surface area contributed by atoms with Crippen LogP contribution < -0.4 is 0 Å². The lowest BCUT2D eigenvalue weighted by Gasteiger charge is -2.02. The van der Waals surface area contributed by atoms with E-state index in [9.17, 15) is 0 Å². The van der Waals surface area contributed by atoms with Crippen molar-refractivity contribution in [1.29, 1.82) is 0 Å². The van der Waals surface area contributed by atoms with E-state index in [-0.39, 0.29) is 0 Å². The van der Waals surface area contributed by atoms with Crippen molar-refractivity contribution in [2.75, 3.05) is 6.16 Å². The summed E-state index contributed by atoms with van der Waals surface area (Å²) < 4.78 is 0. The fraction of sp³-hybridized carbons (Fsp3) is 1.00. The summed E-state index contributed by atoms with van der Waals surface area (Å²) in [5.74, 6) is 0. The van der Waals surface area contributed by atoms with Gasteiger partial charge in [0.25, 0.3) is 0 Å². The smallest absolute Gasteiger partial charge is 0.0263 e. The molecule has 0 radical (unpaired) electrons. The quantitative estimate of drug-likeness (QED) is 0.195. The first-order chi connectivity index (χ1) is 7.91. The van der Waals surface area contributed by atoms with Gasteiger partial charge in [0.1, 0.15) is 0 Å². The Balaban J connectivity index is 2.83. The van der Waals surface area contributed by atoms with Gasteiger partial charge in [0.2, 0.25) is 0 Å². The lowest BCUT2D eigenvalue weighted by molar-refractivity contribution is 0.548. The Kier molecular flexibility index (Phi) is 17.3. The molecule has 1 unspecified atom stereocenters. The summed E-state index contributed by atoms with van der Waals surface area (Å²) in [6.07, 6.45) is 20.2. The minimum absolute atomic E-state index is 1.14. The minimum Gasteiger partial charge on any atom is -0.0654 e. The van der Waals surface area contributed by atoms with E-state index in [1.807, 2.05) is 0 Å². The molecule has 0 rings (SSSR count). The molecule has 0 amide bonds. The largest absolute Gasteiger partial charge is 0.0654 e. The first-order valence-corrected chi connectivity index (χ1v) is 11.6. The lowest BCUT2D eigenvalue weighted by atomic mass is 10.1. The minimum atomic E-state index is 1.14. The Morgan fingerprint density at radius 3 is 1.38 bits per heavy atom.